The average Bonchev–Trinajstić information content (AvgIpc) is 2.75. The number of rotatable bonds is 4. The van der Waals surface area contributed by atoms with Crippen molar-refractivity contribution < 1.29 is 32.6 Å². The Morgan fingerprint density at radius 2 is 1.94 bits per heavy atom. The van der Waals surface area contributed by atoms with E-state index in [0.29, 0.717) is 26.3 Å². The molecule has 0 amide bonds. The Morgan fingerprint density at radius 1 is 1.25 bits per heavy atom. The third-order valence-corrected chi connectivity index (χ3v) is 6.67. The van der Waals surface area contributed by atoms with Crippen LogP contribution in [-0.2, 0) is 20.0 Å². The summed E-state index contributed by atoms with van der Waals surface area (Å²) < 4.78 is 44.8. The van der Waals surface area contributed by atoms with Crippen molar-refractivity contribution in [3.8, 4) is 0 Å². The Hall–Kier alpha value is -2.96. The molecule has 1 aliphatic carbocycles. The van der Waals surface area contributed by atoms with Gasteiger partial charge in [0.25, 0.3) is 0 Å². The number of sulfone groups is 1. The summed E-state index contributed by atoms with van der Waals surface area (Å²) >= 11 is 0. The molecule has 0 radical (unpaired) electrons. The molecule has 1 aliphatic heterocycles. The highest BCUT2D eigenvalue weighted by Crippen LogP contribution is 2.39. The number of carbonyl (C=O) groups is 1. The second kappa shape index (κ2) is 7.87. The smallest absolute Gasteiger partial charge is 0.354 e. The highest BCUT2D eigenvalue weighted by molar-refractivity contribution is 7.91. The summed E-state index contributed by atoms with van der Waals surface area (Å²) in [6.45, 7) is 3.19. The zero-order valence-electron chi connectivity index (χ0n) is 17.3. The number of aliphatic hydroxyl groups is 1. The molecule has 2 aromatic heterocycles. The number of allylic oxidation sites excluding steroid dienone is 2. The molecule has 1 fully saturated rings. The lowest BCUT2D eigenvalue weighted by molar-refractivity contribution is 0.0690. The molecule has 0 spiro atoms. The third kappa shape index (κ3) is 3.74. The summed E-state index contributed by atoms with van der Waals surface area (Å²) in [6.07, 6.45) is 3.32. The number of hydrogen-bond acceptors (Lipinski definition) is 9. The van der Waals surface area contributed by atoms with Crippen molar-refractivity contribution in [1.82, 2.24) is 15.0 Å². The highest BCUT2D eigenvalue weighted by Gasteiger charge is 2.41. The van der Waals surface area contributed by atoms with Crippen LogP contribution in [0.1, 0.15) is 23.1 Å². The second-order valence-corrected chi connectivity index (χ2v) is 9.83. The number of halogens is 1. The average molecular weight is 464 g/mol. The van der Waals surface area contributed by atoms with E-state index in [-0.39, 0.29) is 27.6 Å². The van der Waals surface area contributed by atoms with Gasteiger partial charge in [0.15, 0.2) is 9.84 Å². The molecule has 2 unspecified atom stereocenters. The van der Waals surface area contributed by atoms with Crippen LogP contribution in [0.5, 0.6) is 0 Å². The third-order valence-electron chi connectivity index (χ3n) is 5.56. The molecule has 4 rings (SSSR count). The quantitative estimate of drug-likeness (QED) is 0.673. The Kier molecular flexibility index (Phi) is 5.47. The van der Waals surface area contributed by atoms with Gasteiger partial charge in [0.1, 0.15) is 28.7 Å². The molecule has 170 valence electrons. The van der Waals surface area contributed by atoms with Gasteiger partial charge in [-0.15, -0.1) is 0 Å². The Labute approximate surface area is 183 Å². The maximum absolute atomic E-state index is 14.4. The lowest BCUT2D eigenvalue weighted by atomic mass is 9.77. The van der Waals surface area contributed by atoms with Crippen LogP contribution in [0.4, 0.5) is 10.3 Å². The van der Waals surface area contributed by atoms with Crippen molar-refractivity contribution in [2.45, 2.75) is 23.3 Å². The van der Waals surface area contributed by atoms with Crippen molar-refractivity contribution in [1.29, 1.82) is 0 Å². The van der Waals surface area contributed by atoms with Crippen LogP contribution in [0.25, 0.3) is 11.0 Å². The molecule has 2 aliphatic rings. The first-order valence-electron chi connectivity index (χ1n) is 9.74. The van der Waals surface area contributed by atoms with Gasteiger partial charge < -0.3 is 19.8 Å². The number of fused-ring (bicyclic) bond motifs is 1. The zero-order valence-corrected chi connectivity index (χ0v) is 18.1. The second-order valence-electron chi connectivity index (χ2n) is 7.85. The summed E-state index contributed by atoms with van der Waals surface area (Å²) in [5.74, 6) is -2.11. The summed E-state index contributed by atoms with van der Waals surface area (Å²) in [7, 11) is -3.93. The number of carboxylic acids is 1. The Morgan fingerprint density at radius 3 is 2.56 bits per heavy atom. The van der Waals surface area contributed by atoms with E-state index in [4.69, 9.17) is 4.74 Å². The number of morpholine rings is 1. The van der Waals surface area contributed by atoms with E-state index in [1.54, 1.807) is 4.90 Å². The van der Waals surface area contributed by atoms with E-state index in [1.807, 2.05) is 0 Å². The van der Waals surface area contributed by atoms with Gasteiger partial charge in [-0.1, -0.05) is 12.2 Å². The van der Waals surface area contributed by atoms with Crippen molar-refractivity contribution in [2.24, 2.45) is 0 Å². The fraction of sp³-hybridized carbons (Fsp3) is 0.400. The first kappa shape index (κ1) is 22.2. The highest BCUT2D eigenvalue weighted by atomic mass is 32.2. The normalized spacial score (nSPS) is 23.9. The van der Waals surface area contributed by atoms with Gasteiger partial charge in [-0.3, -0.25) is 0 Å². The molecular weight excluding hydrogens is 443 g/mol. The fourth-order valence-electron chi connectivity index (χ4n) is 3.76. The van der Waals surface area contributed by atoms with Crippen LogP contribution in [0.2, 0.25) is 0 Å². The molecule has 2 N–H and O–H groups in total. The lowest BCUT2D eigenvalue weighted by Gasteiger charge is -2.34. The monoisotopic (exact) mass is 464 g/mol. The van der Waals surface area contributed by atoms with Crippen molar-refractivity contribution in [3.05, 3.63) is 41.5 Å². The largest absolute Gasteiger partial charge is 0.477 e. The first-order chi connectivity index (χ1) is 15.0. The number of aromatic nitrogens is 3. The number of carboxylic acid groups (broad SMARTS) is 1. The predicted octanol–water partition coefficient (Wildman–Crippen LogP) is 1.00. The van der Waals surface area contributed by atoms with Crippen LogP contribution in [0.3, 0.4) is 0 Å². The molecule has 10 nitrogen and oxygen atoms in total. The lowest BCUT2D eigenvalue weighted by Crippen LogP contribution is -2.40. The zero-order chi connectivity index (χ0) is 23.3. The molecular formula is C20H21FN4O6S. The molecule has 0 saturated carbocycles. The number of aromatic carboxylic acids is 1. The van der Waals surface area contributed by atoms with E-state index in [9.17, 15) is 27.8 Å². The minimum absolute atomic E-state index is 0.0176. The van der Waals surface area contributed by atoms with Crippen LogP contribution >= 0.6 is 0 Å². The van der Waals surface area contributed by atoms with Crippen molar-refractivity contribution in [3.63, 3.8) is 0 Å². The van der Waals surface area contributed by atoms with Gasteiger partial charge in [-0.05, 0) is 19.1 Å². The summed E-state index contributed by atoms with van der Waals surface area (Å²) in [4.78, 5) is 26.1. The summed E-state index contributed by atoms with van der Waals surface area (Å²) in [5.41, 5.74) is -2.20. The number of pyridine rings is 1. The van der Waals surface area contributed by atoms with Gasteiger partial charge in [-0.25, -0.2) is 32.6 Å². The Balaban J connectivity index is 2.10. The standard InChI is InChI=1S/C20H21FN4O6S/c1-20(5-3-4-11(21)17(20)26)16-15-14(23-19(24-16)25-6-8-31-9-7-25)13(32(2,29)30)10-12(22-15)18(27)28/h3-5,10,17,26H,6-9H2,1-2H3,(H,27,28). The van der Waals surface area contributed by atoms with E-state index in [1.165, 1.54) is 19.1 Å². The van der Waals surface area contributed by atoms with E-state index in [2.05, 4.69) is 15.0 Å². The number of aliphatic hydroxyl groups excluding tert-OH is 1. The fourth-order valence-corrected chi connectivity index (χ4v) is 4.57. The van der Waals surface area contributed by atoms with Gasteiger partial charge in [0, 0.05) is 19.3 Å². The van der Waals surface area contributed by atoms with Gasteiger partial charge >= 0.3 is 5.97 Å². The van der Waals surface area contributed by atoms with E-state index in [0.717, 1.165) is 18.4 Å². The van der Waals surface area contributed by atoms with E-state index < -0.39 is 38.8 Å². The van der Waals surface area contributed by atoms with Crippen LogP contribution in [0.15, 0.2) is 35.0 Å². The molecule has 3 heterocycles. The number of hydrogen-bond donors (Lipinski definition) is 2. The first-order valence-corrected chi connectivity index (χ1v) is 11.6. The summed E-state index contributed by atoms with van der Waals surface area (Å²) in [6, 6.07) is 0.940. The van der Waals surface area contributed by atoms with Gasteiger partial charge in [-0.2, -0.15) is 0 Å². The Bertz CT molecular complexity index is 1270. The molecule has 0 bridgehead atoms. The van der Waals surface area contributed by atoms with E-state index >= 15 is 0 Å². The number of anilines is 1. The SMILES string of the molecule is CC1(c2nc(N3CCOCC3)nc3c(S(C)(=O)=O)cc(C(=O)O)nc23)C=CC=C(F)C1O. The molecule has 32 heavy (non-hydrogen) atoms. The maximum atomic E-state index is 14.4. The minimum atomic E-state index is -3.93. The minimum Gasteiger partial charge on any atom is -0.477 e. The summed E-state index contributed by atoms with van der Waals surface area (Å²) in [5, 5.41) is 20.2. The maximum Gasteiger partial charge on any atom is 0.354 e. The van der Waals surface area contributed by atoms with Crippen LogP contribution in [0, 0.1) is 0 Å². The molecule has 0 aromatic carbocycles. The van der Waals surface area contributed by atoms with Gasteiger partial charge in [0.05, 0.1) is 29.2 Å². The number of nitrogens with zero attached hydrogens (tertiary/aromatic N) is 4. The molecule has 2 atom stereocenters. The topological polar surface area (TPSA) is 143 Å². The van der Waals surface area contributed by atoms with Crippen molar-refractivity contribution >= 4 is 32.8 Å². The van der Waals surface area contributed by atoms with Gasteiger partial charge in [0.2, 0.25) is 5.95 Å². The predicted molar refractivity (Wildman–Crippen MR) is 112 cm³/mol. The molecule has 12 heteroatoms. The van der Waals surface area contributed by atoms with Crippen molar-refractivity contribution in [2.75, 3.05) is 37.5 Å². The number of ether oxygens (including phenoxy) is 1. The van der Waals surface area contributed by atoms with Crippen LogP contribution in [-0.4, -0.2) is 78.2 Å². The molecule has 2 aromatic rings. The molecule has 1 saturated heterocycles. The van der Waals surface area contributed by atoms with Crippen LogP contribution < -0.4 is 4.90 Å².